The van der Waals surface area contributed by atoms with E-state index in [4.69, 9.17) is 11.6 Å². The zero-order valence-electron chi connectivity index (χ0n) is 15.9. The van der Waals surface area contributed by atoms with Crippen molar-refractivity contribution in [3.63, 3.8) is 0 Å². The van der Waals surface area contributed by atoms with E-state index in [0.717, 1.165) is 10.5 Å². The van der Waals surface area contributed by atoms with Crippen LogP contribution >= 0.6 is 11.6 Å². The number of anilines is 1. The van der Waals surface area contributed by atoms with Gasteiger partial charge in [-0.2, -0.15) is 0 Å². The number of phenolic OH excluding ortho intramolecular Hbond substituents is 1. The van der Waals surface area contributed by atoms with E-state index in [0.29, 0.717) is 5.02 Å². The number of aliphatic hydroxyl groups excluding tert-OH is 1. The van der Waals surface area contributed by atoms with Crippen molar-refractivity contribution in [1.82, 2.24) is 5.32 Å². The Labute approximate surface area is 176 Å². The number of nitrogens with one attached hydrogen (secondary N) is 1. The maximum absolute atomic E-state index is 13.4. The molecule has 9 heteroatoms. The molecule has 4 rings (SSSR count). The van der Waals surface area contributed by atoms with E-state index >= 15 is 0 Å². The number of carbonyl (C=O) groups is 3. The number of hydrogen-bond acceptors (Lipinski definition) is 6. The molecule has 2 aliphatic rings. The fourth-order valence-corrected chi connectivity index (χ4v) is 4.58. The van der Waals surface area contributed by atoms with Gasteiger partial charge in [-0.05, 0) is 30.7 Å². The minimum absolute atomic E-state index is 0.148. The molecule has 0 radical (unpaired) electrons. The number of para-hydroxylation sites is 1. The third kappa shape index (κ3) is 2.72. The van der Waals surface area contributed by atoms with Crippen molar-refractivity contribution in [1.29, 1.82) is 0 Å². The van der Waals surface area contributed by atoms with Gasteiger partial charge in [0.2, 0.25) is 11.8 Å². The summed E-state index contributed by atoms with van der Waals surface area (Å²) in [5, 5.41) is 33.3. The number of hydrogen-bond donors (Lipinski definition) is 4. The Morgan fingerprint density at radius 2 is 1.90 bits per heavy atom. The highest BCUT2D eigenvalue weighted by Crippen LogP contribution is 2.51. The largest absolute Gasteiger partial charge is 0.508 e. The van der Waals surface area contributed by atoms with Crippen molar-refractivity contribution in [2.45, 2.75) is 18.5 Å². The second-order valence-electron chi connectivity index (χ2n) is 7.56. The van der Waals surface area contributed by atoms with Crippen LogP contribution in [0.3, 0.4) is 0 Å². The van der Waals surface area contributed by atoms with E-state index in [-0.39, 0.29) is 17.0 Å². The zero-order valence-corrected chi connectivity index (χ0v) is 16.6. The molecule has 8 nitrogen and oxygen atoms in total. The Hall–Kier alpha value is -2.94. The van der Waals surface area contributed by atoms with Crippen molar-refractivity contribution >= 4 is 35.1 Å². The van der Waals surface area contributed by atoms with Gasteiger partial charge in [0.15, 0.2) is 5.54 Å². The van der Waals surface area contributed by atoms with Crippen molar-refractivity contribution in [3.8, 4) is 5.75 Å². The fourth-order valence-electron chi connectivity index (χ4n) is 4.41. The van der Waals surface area contributed by atoms with Crippen LogP contribution in [0.4, 0.5) is 5.69 Å². The Morgan fingerprint density at radius 1 is 1.20 bits per heavy atom. The normalized spacial score (nSPS) is 28.1. The highest BCUT2D eigenvalue weighted by Gasteiger charge is 2.69. The predicted molar refractivity (Wildman–Crippen MR) is 107 cm³/mol. The maximum atomic E-state index is 13.4. The van der Waals surface area contributed by atoms with Gasteiger partial charge < -0.3 is 15.3 Å². The van der Waals surface area contributed by atoms with Gasteiger partial charge in [0, 0.05) is 16.6 Å². The monoisotopic (exact) mass is 430 g/mol. The first kappa shape index (κ1) is 20.3. The second kappa shape index (κ2) is 7.09. The van der Waals surface area contributed by atoms with E-state index in [1.54, 1.807) is 37.3 Å². The van der Waals surface area contributed by atoms with Crippen LogP contribution < -0.4 is 10.2 Å². The molecule has 0 bridgehead atoms. The van der Waals surface area contributed by atoms with Crippen LogP contribution in [0.1, 0.15) is 17.2 Å². The number of amides is 2. The van der Waals surface area contributed by atoms with Gasteiger partial charge in [-0.1, -0.05) is 35.9 Å². The Bertz CT molecular complexity index is 1070. The summed E-state index contributed by atoms with van der Waals surface area (Å²) in [6, 6.07) is 9.87. The van der Waals surface area contributed by atoms with Gasteiger partial charge in [0.25, 0.3) is 0 Å². The van der Waals surface area contributed by atoms with Gasteiger partial charge in [0.1, 0.15) is 5.75 Å². The zero-order chi connectivity index (χ0) is 21.8. The van der Waals surface area contributed by atoms with Crippen LogP contribution in [0.2, 0.25) is 5.02 Å². The molecule has 0 spiro atoms. The Morgan fingerprint density at radius 3 is 2.50 bits per heavy atom. The number of halogens is 1. The molecule has 30 heavy (non-hydrogen) atoms. The Kier molecular flexibility index (Phi) is 4.80. The van der Waals surface area contributed by atoms with Crippen molar-refractivity contribution in [2.75, 3.05) is 11.5 Å². The van der Waals surface area contributed by atoms with Crippen LogP contribution in [-0.4, -0.2) is 45.2 Å². The number of carboxylic acids is 1. The first-order valence-electron chi connectivity index (χ1n) is 9.26. The Balaban J connectivity index is 1.87. The van der Waals surface area contributed by atoms with Gasteiger partial charge in [0.05, 0.1) is 24.1 Å². The summed E-state index contributed by atoms with van der Waals surface area (Å²) in [4.78, 5) is 39.8. The van der Waals surface area contributed by atoms with Crippen LogP contribution in [0.15, 0.2) is 42.5 Å². The number of aliphatic carboxylic acids is 1. The number of nitrogens with zero attached hydrogens (tertiary/aromatic N) is 1. The summed E-state index contributed by atoms with van der Waals surface area (Å²) < 4.78 is 0. The molecule has 2 aromatic carbocycles. The summed E-state index contributed by atoms with van der Waals surface area (Å²) in [5.41, 5.74) is -0.825. The molecule has 2 amide bonds. The lowest BCUT2D eigenvalue weighted by molar-refractivity contribution is -0.150. The average molecular weight is 431 g/mol. The van der Waals surface area contributed by atoms with Gasteiger partial charge in [-0.15, -0.1) is 0 Å². The van der Waals surface area contributed by atoms with E-state index < -0.39 is 47.8 Å². The van der Waals surface area contributed by atoms with Crippen LogP contribution in [0, 0.1) is 18.8 Å². The third-order valence-corrected chi connectivity index (χ3v) is 6.38. The molecule has 2 fully saturated rings. The maximum Gasteiger partial charge on any atom is 0.327 e. The smallest absolute Gasteiger partial charge is 0.327 e. The molecule has 2 aliphatic heterocycles. The lowest BCUT2D eigenvalue weighted by Crippen LogP contribution is -2.58. The van der Waals surface area contributed by atoms with Crippen molar-refractivity contribution in [3.05, 3.63) is 58.6 Å². The van der Waals surface area contributed by atoms with Crippen molar-refractivity contribution < 1.29 is 29.7 Å². The predicted octanol–water partition coefficient (Wildman–Crippen LogP) is 1.62. The summed E-state index contributed by atoms with van der Waals surface area (Å²) in [6.07, 6.45) is 0. The number of carboxylic acid groups (broad SMARTS) is 1. The molecular weight excluding hydrogens is 412 g/mol. The average Bonchev–Trinajstić information content (AvgIpc) is 3.19. The molecule has 2 saturated heterocycles. The molecule has 4 atom stereocenters. The number of carbonyl (C=O) groups excluding carboxylic acids is 2. The number of fused-ring (bicyclic) bond motifs is 1. The van der Waals surface area contributed by atoms with Gasteiger partial charge >= 0.3 is 5.97 Å². The van der Waals surface area contributed by atoms with E-state index in [1.165, 1.54) is 12.1 Å². The third-order valence-electron chi connectivity index (χ3n) is 5.97. The van der Waals surface area contributed by atoms with Gasteiger partial charge in [-0.3, -0.25) is 19.7 Å². The quantitative estimate of drug-likeness (QED) is 0.543. The first-order chi connectivity index (χ1) is 14.2. The van der Waals surface area contributed by atoms with Crippen LogP contribution in [-0.2, 0) is 14.4 Å². The minimum Gasteiger partial charge on any atom is -0.508 e. The minimum atomic E-state index is -2.08. The number of aromatic hydroxyl groups is 1. The molecule has 4 unspecified atom stereocenters. The molecule has 4 N–H and O–H groups in total. The summed E-state index contributed by atoms with van der Waals surface area (Å²) >= 11 is 6.16. The number of benzene rings is 2. The van der Waals surface area contributed by atoms with Crippen molar-refractivity contribution in [2.24, 2.45) is 11.8 Å². The van der Waals surface area contributed by atoms with E-state index in [2.05, 4.69) is 5.32 Å². The van der Waals surface area contributed by atoms with Gasteiger partial charge in [-0.25, -0.2) is 4.90 Å². The highest BCUT2D eigenvalue weighted by atomic mass is 35.5. The second-order valence-corrected chi connectivity index (χ2v) is 7.97. The number of aliphatic hydroxyl groups is 1. The molecule has 2 heterocycles. The standard InChI is InChI=1S/C21H19ClN2O6/c1-10-6-7-11(8-13(10)22)24-18(27)15-16(19(24)28)21(9-25,20(29)30)23-17(15)12-4-2-3-5-14(12)26/h2-8,15-17,23,25-26H,9H2,1H3,(H,29,30). The summed E-state index contributed by atoms with van der Waals surface area (Å²) in [7, 11) is 0. The lowest BCUT2D eigenvalue weighted by atomic mass is 9.79. The molecule has 2 aromatic rings. The molecule has 0 saturated carbocycles. The van der Waals surface area contributed by atoms with E-state index in [9.17, 15) is 29.7 Å². The molecular formula is C21H19ClN2O6. The number of rotatable bonds is 4. The SMILES string of the molecule is Cc1ccc(N2C(=O)C3C(c4ccccc4O)NC(CO)(C(=O)O)C3C2=O)cc1Cl. The molecule has 156 valence electrons. The summed E-state index contributed by atoms with van der Waals surface area (Å²) in [5.74, 6) is -5.46. The number of imide groups is 1. The first-order valence-corrected chi connectivity index (χ1v) is 9.64. The van der Waals surface area contributed by atoms with Crippen LogP contribution in [0.5, 0.6) is 5.75 Å². The number of aryl methyl sites for hydroxylation is 1. The highest BCUT2D eigenvalue weighted by molar-refractivity contribution is 6.32. The summed E-state index contributed by atoms with van der Waals surface area (Å²) in [6.45, 7) is 0.864. The van der Waals surface area contributed by atoms with E-state index in [1.807, 2.05) is 0 Å². The molecule has 0 aromatic heterocycles. The lowest BCUT2D eigenvalue weighted by Gasteiger charge is -2.29. The fraction of sp³-hybridized carbons (Fsp3) is 0.286. The van der Waals surface area contributed by atoms with Crippen LogP contribution in [0.25, 0.3) is 0 Å². The molecule has 0 aliphatic carbocycles. The topological polar surface area (TPSA) is 127 Å². The number of phenols is 1.